The Balaban J connectivity index is 1.48. The van der Waals surface area contributed by atoms with Crippen LogP contribution in [0.5, 0.6) is 0 Å². The van der Waals surface area contributed by atoms with E-state index < -0.39 is 0 Å². The maximum Gasteiger partial charge on any atom is 0.250 e. The normalized spacial score (nSPS) is 22.8. The summed E-state index contributed by atoms with van der Waals surface area (Å²) >= 11 is 5.70. The van der Waals surface area contributed by atoms with E-state index in [0.717, 1.165) is 36.9 Å². The minimum atomic E-state index is 0.124. The molecule has 4 rings (SSSR count). The average Bonchev–Trinajstić information content (AvgIpc) is 2.63. The number of aromatic nitrogens is 1. The molecule has 1 unspecified atom stereocenters. The van der Waals surface area contributed by atoms with Gasteiger partial charge >= 0.3 is 0 Å². The number of thiocarbonyl (C=S) groups is 1. The van der Waals surface area contributed by atoms with E-state index in [-0.39, 0.29) is 11.6 Å². The van der Waals surface area contributed by atoms with Crippen LogP contribution in [0.3, 0.4) is 0 Å². The molecule has 2 aliphatic heterocycles. The number of hydrogen-bond donors (Lipinski definition) is 1. The summed E-state index contributed by atoms with van der Waals surface area (Å²) in [6.07, 6.45) is 1.15. The molecule has 5 heteroatoms. The molecule has 0 radical (unpaired) electrons. The lowest BCUT2D eigenvalue weighted by atomic mass is 9.83. The molecule has 130 valence electrons. The molecule has 2 aromatic rings. The summed E-state index contributed by atoms with van der Waals surface area (Å²) in [5.74, 6) is 0.867. The number of benzene rings is 1. The first-order valence-corrected chi connectivity index (χ1v) is 9.33. The van der Waals surface area contributed by atoms with Crippen LogP contribution in [-0.2, 0) is 6.54 Å². The summed E-state index contributed by atoms with van der Waals surface area (Å²) in [5, 5.41) is 4.30. The summed E-state index contributed by atoms with van der Waals surface area (Å²) in [7, 11) is 0. The summed E-state index contributed by atoms with van der Waals surface area (Å²) in [5.41, 5.74) is 2.52. The van der Waals surface area contributed by atoms with Crippen LogP contribution in [0.2, 0.25) is 0 Å². The van der Waals surface area contributed by atoms with Crippen molar-refractivity contribution in [1.29, 1.82) is 0 Å². The molecule has 2 aliphatic rings. The molecule has 3 heterocycles. The minimum absolute atomic E-state index is 0.124. The summed E-state index contributed by atoms with van der Waals surface area (Å²) in [6.45, 7) is 4.75. The van der Waals surface area contributed by atoms with E-state index in [1.165, 1.54) is 5.56 Å². The highest BCUT2D eigenvalue weighted by Gasteiger charge is 2.35. The van der Waals surface area contributed by atoms with Gasteiger partial charge in [0.25, 0.3) is 5.56 Å². The standard InChI is InChI=1S/C20H23N3OS/c1-14(16-6-3-2-4-7-16)21-20(25)22-11-15-10-17(13-22)18-8-5-9-19(24)23(18)12-15/h2-9,14-15,17H,10-13H2,1H3,(H,21,25)/t14?,15-,17+/m1/s1. The highest BCUT2D eigenvalue weighted by Crippen LogP contribution is 2.35. The van der Waals surface area contributed by atoms with Crippen LogP contribution in [0.1, 0.15) is 36.6 Å². The van der Waals surface area contributed by atoms with Gasteiger partial charge in [-0.25, -0.2) is 0 Å². The fourth-order valence-corrected chi connectivity index (χ4v) is 4.49. The lowest BCUT2D eigenvalue weighted by Crippen LogP contribution is -2.52. The Morgan fingerprint density at radius 3 is 2.72 bits per heavy atom. The van der Waals surface area contributed by atoms with Crippen molar-refractivity contribution in [2.45, 2.75) is 31.8 Å². The molecule has 1 saturated heterocycles. The van der Waals surface area contributed by atoms with Gasteiger partial charge in [0.2, 0.25) is 0 Å². The molecule has 2 bridgehead atoms. The van der Waals surface area contributed by atoms with Gasteiger partial charge in [0, 0.05) is 37.3 Å². The van der Waals surface area contributed by atoms with Gasteiger partial charge in [-0.15, -0.1) is 0 Å². The zero-order chi connectivity index (χ0) is 17.4. The number of fused-ring (bicyclic) bond motifs is 4. The number of likely N-dealkylation sites (tertiary alicyclic amines) is 1. The Hall–Kier alpha value is -2.14. The van der Waals surface area contributed by atoms with Crippen molar-refractivity contribution < 1.29 is 0 Å². The van der Waals surface area contributed by atoms with Gasteiger partial charge in [-0.3, -0.25) is 4.79 Å². The molecule has 1 aromatic heterocycles. The maximum absolute atomic E-state index is 12.1. The van der Waals surface area contributed by atoms with Crippen molar-refractivity contribution in [3.05, 3.63) is 70.1 Å². The van der Waals surface area contributed by atoms with Crippen LogP contribution in [0.25, 0.3) is 0 Å². The molecule has 1 fully saturated rings. The van der Waals surface area contributed by atoms with Crippen molar-refractivity contribution in [1.82, 2.24) is 14.8 Å². The summed E-state index contributed by atoms with van der Waals surface area (Å²) in [6, 6.07) is 16.2. The third kappa shape index (κ3) is 3.21. The number of pyridine rings is 1. The largest absolute Gasteiger partial charge is 0.356 e. The first-order chi connectivity index (χ1) is 12.1. The molecule has 0 amide bonds. The third-order valence-corrected chi connectivity index (χ3v) is 5.78. The van der Waals surface area contributed by atoms with Gasteiger partial charge in [0.1, 0.15) is 0 Å². The van der Waals surface area contributed by atoms with Crippen LogP contribution in [0.4, 0.5) is 0 Å². The number of rotatable bonds is 2. The van der Waals surface area contributed by atoms with Crippen molar-refractivity contribution in [3.8, 4) is 0 Å². The van der Waals surface area contributed by atoms with E-state index in [0.29, 0.717) is 11.8 Å². The molecule has 0 aliphatic carbocycles. The summed E-state index contributed by atoms with van der Waals surface area (Å²) in [4.78, 5) is 14.4. The second-order valence-corrected chi connectivity index (χ2v) is 7.57. The fourth-order valence-electron chi connectivity index (χ4n) is 4.16. The Labute approximate surface area is 153 Å². The quantitative estimate of drug-likeness (QED) is 0.843. The highest BCUT2D eigenvalue weighted by atomic mass is 32.1. The maximum atomic E-state index is 12.1. The molecule has 3 atom stereocenters. The van der Waals surface area contributed by atoms with Gasteiger partial charge in [-0.05, 0) is 43.1 Å². The van der Waals surface area contributed by atoms with Gasteiger partial charge < -0.3 is 14.8 Å². The Morgan fingerprint density at radius 2 is 1.92 bits per heavy atom. The smallest absolute Gasteiger partial charge is 0.250 e. The Morgan fingerprint density at radius 1 is 1.12 bits per heavy atom. The molecule has 0 saturated carbocycles. The third-order valence-electron chi connectivity index (χ3n) is 5.41. The molecule has 1 aromatic carbocycles. The first-order valence-electron chi connectivity index (χ1n) is 8.92. The van der Waals surface area contributed by atoms with E-state index in [9.17, 15) is 4.79 Å². The van der Waals surface area contributed by atoms with Crippen molar-refractivity contribution in [3.63, 3.8) is 0 Å². The van der Waals surface area contributed by atoms with Crippen LogP contribution in [0, 0.1) is 5.92 Å². The minimum Gasteiger partial charge on any atom is -0.356 e. The molecule has 1 N–H and O–H groups in total. The monoisotopic (exact) mass is 353 g/mol. The van der Waals surface area contributed by atoms with E-state index in [1.54, 1.807) is 6.07 Å². The van der Waals surface area contributed by atoms with E-state index in [2.05, 4.69) is 47.5 Å². The molecule has 0 spiro atoms. The SMILES string of the molecule is CC(NC(=S)N1C[C@H]2C[C@@H](C1)c1cccc(=O)n1C2)c1ccccc1. The topological polar surface area (TPSA) is 37.3 Å². The van der Waals surface area contributed by atoms with Crippen molar-refractivity contribution >= 4 is 17.3 Å². The molecule has 25 heavy (non-hydrogen) atoms. The van der Waals surface area contributed by atoms with Crippen LogP contribution >= 0.6 is 12.2 Å². The van der Waals surface area contributed by atoms with Gasteiger partial charge in [-0.2, -0.15) is 0 Å². The zero-order valence-electron chi connectivity index (χ0n) is 14.4. The van der Waals surface area contributed by atoms with Gasteiger partial charge in [0.05, 0.1) is 6.04 Å². The average molecular weight is 353 g/mol. The first kappa shape index (κ1) is 16.3. The second-order valence-electron chi connectivity index (χ2n) is 7.18. The van der Waals surface area contributed by atoms with Crippen LogP contribution in [-0.4, -0.2) is 27.7 Å². The molecular formula is C20H23N3OS. The molecular weight excluding hydrogens is 330 g/mol. The Bertz CT molecular complexity index is 832. The lowest BCUT2D eigenvalue weighted by molar-refractivity contribution is 0.176. The predicted octanol–water partition coefficient (Wildman–Crippen LogP) is 2.90. The molecule has 4 nitrogen and oxygen atoms in total. The van der Waals surface area contributed by atoms with Crippen LogP contribution < -0.4 is 10.9 Å². The van der Waals surface area contributed by atoms with Gasteiger partial charge in [-0.1, -0.05) is 36.4 Å². The Kier molecular flexibility index (Phi) is 4.34. The number of piperidine rings is 1. The number of hydrogen-bond acceptors (Lipinski definition) is 2. The van der Waals surface area contributed by atoms with Crippen molar-refractivity contribution in [2.75, 3.05) is 13.1 Å². The van der Waals surface area contributed by atoms with E-state index in [1.807, 2.05) is 16.7 Å². The highest BCUT2D eigenvalue weighted by molar-refractivity contribution is 7.80. The van der Waals surface area contributed by atoms with E-state index in [4.69, 9.17) is 12.2 Å². The van der Waals surface area contributed by atoms with E-state index >= 15 is 0 Å². The second kappa shape index (κ2) is 6.64. The lowest BCUT2D eigenvalue weighted by Gasteiger charge is -2.44. The number of nitrogens with zero attached hydrogens (tertiary/aromatic N) is 2. The fraction of sp³-hybridized carbons (Fsp3) is 0.400. The summed E-state index contributed by atoms with van der Waals surface area (Å²) < 4.78 is 1.96. The zero-order valence-corrected chi connectivity index (χ0v) is 15.2. The van der Waals surface area contributed by atoms with Gasteiger partial charge in [0.15, 0.2) is 5.11 Å². The number of nitrogens with one attached hydrogen (secondary N) is 1. The van der Waals surface area contributed by atoms with Crippen molar-refractivity contribution in [2.24, 2.45) is 5.92 Å². The van der Waals surface area contributed by atoms with Crippen LogP contribution in [0.15, 0.2) is 53.3 Å². The predicted molar refractivity (Wildman–Crippen MR) is 104 cm³/mol.